The van der Waals surface area contributed by atoms with Crippen LogP contribution in [-0.2, 0) is 6.42 Å². The lowest BCUT2D eigenvalue weighted by Crippen LogP contribution is -2.18. The molecule has 0 aliphatic heterocycles. The third-order valence-corrected chi connectivity index (χ3v) is 10.3. The van der Waals surface area contributed by atoms with Crippen LogP contribution in [0.2, 0.25) is 0 Å². The smallest absolute Gasteiger partial charge is 0.227 e. The van der Waals surface area contributed by atoms with E-state index >= 15 is 0 Å². The predicted octanol–water partition coefficient (Wildman–Crippen LogP) is 12.8. The van der Waals surface area contributed by atoms with Gasteiger partial charge in [-0.3, -0.25) is 0 Å². The molecular formula is C47H34N2O2. The molecule has 0 N–H and O–H groups in total. The maximum atomic E-state index is 6.73. The fourth-order valence-corrected chi connectivity index (χ4v) is 7.77. The third kappa shape index (κ3) is 5.11. The number of anilines is 2. The standard InChI is InChI=1S/C47H34N2O2/c1-3-12-31(13-4-1)33-24-26-34(27-25-33)47-48-45-39-19-10-21-41(37(39)28-29-44(45)51-47)49(36-17-9-16-35(30-36)32-14-5-2-6-15-32)42-22-11-20-40-38-18-7-8-23-43(38)50-46(40)42/h1-7,9-15,17-22,24-30,35H,8,16,23H2. The lowest BCUT2D eigenvalue weighted by molar-refractivity contribution is 0.546. The summed E-state index contributed by atoms with van der Waals surface area (Å²) in [6.45, 7) is 0. The van der Waals surface area contributed by atoms with Gasteiger partial charge >= 0.3 is 0 Å². The molecule has 8 aromatic rings. The Kier molecular flexibility index (Phi) is 7.05. The van der Waals surface area contributed by atoms with E-state index in [-0.39, 0.29) is 5.92 Å². The highest BCUT2D eigenvalue weighted by Gasteiger charge is 2.26. The van der Waals surface area contributed by atoms with Gasteiger partial charge in [0, 0.05) is 45.3 Å². The van der Waals surface area contributed by atoms with Crippen molar-refractivity contribution in [2.24, 2.45) is 0 Å². The number of hydrogen-bond acceptors (Lipinski definition) is 4. The molecule has 244 valence electrons. The van der Waals surface area contributed by atoms with Crippen LogP contribution in [-0.4, -0.2) is 4.98 Å². The summed E-state index contributed by atoms with van der Waals surface area (Å²) >= 11 is 0. The molecule has 0 saturated carbocycles. The summed E-state index contributed by atoms with van der Waals surface area (Å²) in [6, 6.07) is 46.9. The number of allylic oxidation sites excluding steroid dienone is 4. The molecule has 4 heteroatoms. The largest absolute Gasteiger partial charge is 0.458 e. The van der Waals surface area contributed by atoms with Crippen molar-refractivity contribution >= 4 is 50.3 Å². The minimum Gasteiger partial charge on any atom is -0.458 e. The maximum Gasteiger partial charge on any atom is 0.227 e. The molecule has 2 heterocycles. The molecule has 1 atom stereocenters. The summed E-state index contributed by atoms with van der Waals surface area (Å²) in [6.07, 6.45) is 14.3. The van der Waals surface area contributed by atoms with Crippen molar-refractivity contribution in [3.05, 3.63) is 180 Å². The molecule has 51 heavy (non-hydrogen) atoms. The van der Waals surface area contributed by atoms with Crippen LogP contribution < -0.4 is 4.90 Å². The zero-order valence-corrected chi connectivity index (χ0v) is 28.0. The predicted molar refractivity (Wildman–Crippen MR) is 209 cm³/mol. The SMILES string of the molecule is C1=Cc2c(oc3c(N(C4=CC(c5ccccc5)CC=C4)c4cccc5c4ccc4oc(-c6ccc(-c7ccccc7)cc6)nc45)cccc23)CC1. The molecule has 0 spiro atoms. The molecule has 2 aliphatic carbocycles. The Morgan fingerprint density at radius 1 is 0.588 bits per heavy atom. The lowest BCUT2D eigenvalue weighted by Gasteiger charge is -2.30. The summed E-state index contributed by atoms with van der Waals surface area (Å²) in [7, 11) is 0. The number of para-hydroxylation sites is 1. The Morgan fingerprint density at radius 2 is 1.33 bits per heavy atom. The highest BCUT2D eigenvalue weighted by atomic mass is 16.3. The first kappa shape index (κ1) is 29.5. The van der Waals surface area contributed by atoms with E-state index in [1.165, 1.54) is 16.7 Å². The van der Waals surface area contributed by atoms with Gasteiger partial charge in [0.15, 0.2) is 11.2 Å². The first-order valence-electron chi connectivity index (χ1n) is 17.7. The number of benzene rings is 6. The van der Waals surface area contributed by atoms with E-state index in [2.05, 4.69) is 163 Å². The van der Waals surface area contributed by atoms with Crippen molar-refractivity contribution in [3.63, 3.8) is 0 Å². The number of aryl methyl sites for hydroxylation is 1. The molecule has 4 nitrogen and oxygen atoms in total. The van der Waals surface area contributed by atoms with E-state index in [9.17, 15) is 0 Å². The van der Waals surface area contributed by atoms with Crippen molar-refractivity contribution in [1.82, 2.24) is 4.98 Å². The van der Waals surface area contributed by atoms with Crippen LogP contribution in [0.15, 0.2) is 172 Å². The van der Waals surface area contributed by atoms with E-state index in [1.54, 1.807) is 0 Å². The van der Waals surface area contributed by atoms with Crippen LogP contribution in [0.5, 0.6) is 0 Å². The summed E-state index contributed by atoms with van der Waals surface area (Å²) in [5.41, 5.74) is 11.5. The minimum atomic E-state index is 0.258. The number of fused-ring (bicyclic) bond motifs is 6. The molecule has 10 rings (SSSR count). The second-order valence-electron chi connectivity index (χ2n) is 13.4. The van der Waals surface area contributed by atoms with E-state index in [0.717, 1.165) is 86.1 Å². The van der Waals surface area contributed by atoms with E-state index < -0.39 is 0 Å². The molecule has 0 saturated heterocycles. The summed E-state index contributed by atoms with van der Waals surface area (Å²) < 4.78 is 13.1. The molecule has 0 fully saturated rings. The molecule has 0 bridgehead atoms. The minimum absolute atomic E-state index is 0.258. The van der Waals surface area contributed by atoms with Crippen molar-refractivity contribution in [2.45, 2.75) is 25.2 Å². The molecular weight excluding hydrogens is 625 g/mol. The number of hydrogen-bond donors (Lipinski definition) is 0. The monoisotopic (exact) mass is 658 g/mol. The van der Waals surface area contributed by atoms with E-state index in [0.29, 0.717) is 5.89 Å². The zero-order valence-electron chi connectivity index (χ0n) is 28.0. The Hall–Kier alpha value is -6.39. The number of nitrogens with zero attached hydrogens (tertiary/aromatic N) is 2. The summed E-state index contributed by atoms with van der Waals surface area (Å²) in [4.78, 5) is 7.48. The second kappa shape index (κ2) is 12.2. The van der Waals surface area contributed by atoms with Gasteiger partial charge in [-0.15, -0.1) is 0 Å². The van der Waals surface area contributed by atoms with Crippen LogP contribution in [0.3, 0.4) is 0 Å². The van der Waals surface area contributed by atoms with Crippen LogP contribution in [0.1, 0.15) is 35.6 Å². The van der Waals surface area contributed by atoms with E-state index in [4.69, 9.17) is 13.8 Å². The zero-order chi connectivity index (χ0) is 33.7. The number of oxazole rings is 1. The van der Waals surface area contributed by atoms with E-state index in [1.807, 2.05) is 6.07 Å². The van der Waals surface area contributed by atoms with Gasteiger partial charge < -0.3 is 13.7 Å². The van der Waals surface area contributed by atoms with Crippen LogP contribution in [0.4, 0.5) is 11.4 Å². The van der Waals surface area contributed by atoms with Crippen molar-refractivity contribution in [3.8, 4) is 22.6 Å². The fraction of sp³-hybridized carbons (Fsp3) is 0.0851. The molecule has 0 amide bonds. The van der Waals surface area contributed by atoms with Crippen LogP contribution >= 0.6 is 0 Å². The molecule has 1 unspecified atom stereocenters. The quantitative estimate of drug-likeness (QED) is 0.178. The first-order chi connectivity index (χ1) is 25.3. The number of aromatic nitrogens is 1. The van der Waals surface area contributed by atoms with Gasteiger partial charge in [0.25, 0.3) is 0 Å². The lowest BCUT2D eigenvalue weighted by atomic mass is 9.91. The van der Waals surface area contributed by atoms with Gasteiger partial charge in [0.2, 0.25) is 5.89 Å². The number of rotatable bonds is 6. The normalized spacial score (nSPS) is 15.4. The Morgan fingerprint density at radius 3 is 2.18 bits per heavy atom. The van der Waals surface area contributed by atoms with Crippen LogP contribution in [0.25, 0.3) is 61.5 Å². The van der Waals surface area contributed by atoms with Crippen molar-refractivity contribution in [1.29, 1.82) is 0 Å². The first-order valence-corrected chi connectivity index (χ1v) is 17.7. The third-order valence-electron chi connectivity index (χ3n) is 10.3. The van der Waals surface area contributed by atoms with Crippen molar-refractivity contribution in [2.75, 3.05) is 4.90 Å². The molecule has 2 aromatic heterocycles. The van der Waals surface area contributed by atoms with Gasteiger partial charge in [-0.1, -0.05) is 121 Å². The van der Waals surface area contributed by atoms with Crippen molar-refractivity contribution < 1.29 is 8.83 Å². The highest BCUT2D eigenvalue weighted by molar-refractivity contribution is 6.11. The fourth-order valence-electron chi connectivity index (χ4n) is 7.77. The number of furan rings is 1. The topological polar surface area (TPSA) is 42.4 Å². The second-order valence-corrected chi connectivity index (χ2v) is 13.4. The summed E-state index contributed by atoms with van der Waals surface area (Å²) in [5.74, 6) is 1.93. The van der Waals surface area contributed by atoms with Gasteiger partial charge in [0.05, 0.1) is 11.4 Å². The van der Waals surface area contributed by atoms with Gasteiger partial charge in [-0.2, -0.15) is 0 Å². The Labute approximate surface area is 296 Å². The maximum absolute atomic E-state index is 6.73. The van der Waals surface area contributed by atoms with Gasteiger partial charge in [-0.25, -0.2) is 4.98 Å². The highest BCUT2D eigenvalue weighted by Crippen LogP contribution is 2.45. The molecule has 0 radical (unpaired) electrons. The molecule has 6 aromatic carbocycles. The Balaban J connectivity index is 1.13. The van der Waals surface area contributed by atoms with Crippen LogP contribution in [0, 0.1) is 0 Å². The Bertz CT molecular complexity index is 2660. The average molecular weight is 659 g/mol. The van der Waals surface area contributed by atoms with Gasteiger partial charge in [0.1, 0.15) is 11.3 Å². The van der Waals surface area contributed by atoms with Gasteiger partial charge in [-0.05, 0) is 72.0 Å². The molecule has 2 aliphatic rings. The average Bonchev–Trinajstić information content (AvgIpc) is 3.82. The summed E-state index contributed by atoms with van der Waals surface area (Å²) in [5, 5.41) is 3.28.